The Hall–Kier alpha value is -1.96. The van der Waals surface area contributed by atoms with Gasteiger partial charge < -0.3 is 10.2 Å². The van der Waals surface area contributed by atoms with Gasteiger partial charge in [-0.3, -0.25) is 0 Å². The predicted octanol–water partition coefficient (Wildman–Crippen LogP) is 3.48. The van der Waals surface area contributed by atoms with Gasteiger partial charge in [-0.25, -0.2) is 0 Å². The van der Waals surface area contributed by atoms with E-state index in [1.807, 2.05) is 30.3 Å². The summed E-state index contributed by atoms with van der Waals surface area (Å²) in [6.07, 6.45) is 0. The quantitative estimate of drug-likeness (QED) is 0.560. The molecule has 15 heavy (non-hydrogen) atoms. The lowest BCUT2D eigenvalue weighted by atomic mass is 10.1. The molecule has 0 spiro atoms. The summed E-state index contributed by atoms with van der Waals surface area (Å²) in [5.74, 6) is 0. The van der Waals surface area contributed by atoms with Crippen LogP contribution in [0.2, 0.25) is 0 Å². The molecule has 0 aliphatic heterocycles. The van der Waals surface area contributed by atoms with Gasteiger partial charge in [-0.1, -0.05) is 11.6 Å². The average Bonchev–Trinajstić information content (AvgIpc) is 2.54. The maximum atomic E-state index is 5.72. The van der Waals surface area contributed by atoms with Gasteiger partial charge in [0.05, 0.1) is 0 Å². The van der Waals surface area contributed by atoms with Gasteiger partial charge >= 0.3 is 0 Å². The van der Waals surface area contributed by atoms with Gasteiger partial charge in [0.2, 0.25) is 0 Å². The van der Waals surface area contributed by atoms with E-state index >= 15 is 0 Å². The normalized spacial score (nSPS) is 11.3. The van der Waals surface area contributed by atoms with Crippen molar-refractivity contribution in [1.82, 2.24) is 0 Å². The second kappa shape index (κ2) is 2.76. The highest BCUT2D eigenvalue weighted by Gasteiger charge is 2.06. The van der Waals surface area contributed by atoms with Crippen molar-refractivity contribution < 1.29 is 4.42 Å². The number of hydrogen-bond acceptors (Lipinski definition) is 2. The van der Waals surface area contributed by atoms with Crippen molar-refractivity contribution in [2.45, 2.75) is 6.92 Å². The van der Waals surface area contributed by atoms with Crippen LogP contribution in [0, 0.1) is 6.92 Å². The smallest absolute Gasteiger partial charge is 0.137 e. The minimum Gasteiger partial charge on any atom is -0.456 e. The SMILES string of the molecule is Cc1ccc2oc3cc(N)ccc3c2c1. The fourth-order valence-corrected chi connectivity index (χ4v) is 1.91. The summed E-state index contributed by atoms with van der Waals surface area (Å²) >= 11 is 0. The van der Waals surface area contributed by atoms with E-state index in [1.54, 1.807) is 0 Å². The molecule has 2 heteroatoms. The van der Waals surface area contributed by atoms with Crippen LogP contribution in [0.1, 0.15) is 5.56 Å². The third-order valence-corrected chi connectivity index (χ3v) is 2.65. The van der Waals surface area contributed by atoms with Crippen LogP contribution in [0.15, 0.2) is 40.8 Å². The Balaban J connectivity index is 2.53. The highest BCUT2D eigenvalue weighted by molar-refractivity contribution is 6.05. The van der Waals surface area contributed by atoms with Crippen LogP contribution in [0.25, 0.3) is 21.9 Å². The van der Waals surface area contributed by atoms with Crippen molar-refractivity contribution in [3.8, 4) is 0 Å². The van der Waals surface area contributed by atoms with Crippen molar-refractivity contribution in [2.24, 2.45) is 0 Å². The predicted molar refractivity (Wildman–Crippen MR) is 62.9 cm³/mol. The van der Waals surface area contributed by atoms with Crippen LogP contribution >= 0.6 is 0 Å². The summed E-state index contributed by atoms with van der Waals surface area (Å²) in [6.45, 7) is 2.08. The first-order valence-corrected chi connectivity index (χ1v) is 4.92. The van der Waals surface area contributed by atoms with E-state index in [4.69, 9.17) is 10.2 Å². The van der Waals surface area contributed by atoms with Gasteiger partial charge in [-0.05, 0) is 31.2 Å². The van der Waals surface area contributed by atoms with Crippen LogP contribution in [-0.4, -0.2) is 0 Å². The summed E-state index contributed by atoms with van der Waals surface area (Å²) in [4.78, 5) is 0. The molecule has 0 aliphatic carbocycles. The zero-order valence-corrected chi connectivity index (χ0v) is 8.45. The van der Waals surface area contributed by atoms with Crippen molar-refractivity contribution in [3.63, 3.8) is 0 Å². The minimum atomic E-state index is 0.735. The second-order valence-electron chi connectivity index (χ2n) is 3.86. The molecule has 0 radical (unpaired) electrons. The minimum absolute atomic E-state index is 0.735. The fourth-order valence-electron chi connectivity index (χ4n) is 1.91. The van der Waals surface area contributed by atoms with Crippen LogP contribution in [-0.2, 0) is 0 Å². The maximum absolute atomic E-state index is 5.72. The molecule has 2 N–H and O–H groups in total. The van der Waals surface area contributed by atoms with Gasteiger partial charge in [0.25, 0.3) is 0 Å². The summed E-state index contributed by atoms with van der Waals surface area (Å²) < 4.78 is 5.71. The van der Waals surface area contributed by atoms with E-state index in [-0.39, 0.29) is 0 Å². The fraction of sp³-hybridized carbons (Fsp3) is 0.0769. The summed E-state index contributed by atoms with van der Waals surface area (Å²) in [5.41, 5.74) is 9.46. The Morgan fingerprint density at radius 3 is 2.67 bits per heavy atom. The third-order valence-electron chi connectivity index (χ3n) is 2.65. The summed E-state index contributed by atoms with van der Waals surface area (Å²) in [7, 11) is 0. The molecular weight excluding hydrogens is 186 g/mol. The molecule has 0 unspecified atom stereocenters. The number of nitrogens with two attached hydrogens (primary N) is 1. The molecule has 2 nitrogen and oxygen atoms in total. The van der Waals surface area contributed by atoms with Crippen LogP contribution in [0.3, 0.4) is 0 Å². The Bertz CT molecular complexity index is 652. The lowest BCUT2D eigenvalue weighted by Crippen LogP contribution is -1.81. The van der Waals surface area contributed by atoms with E-state index in [0.717, 1.165) is 27.6 Å². The zero-order valence-electron chi connectivity index (χ0n) is 8.45. The number of hydrogen-bond donors (Lipinski definition) is 1. The Morgan fingerprint density at radius 1 is 0.933 bits per heavy atom. The lowest BCUT2D eigenvalue weighted by Gasteiger charge is -1.92. The molecule has 0 bridgehead atoms. The Labute approximate surface area is 87.3 Å². The standard InChI is InChI=1S/C13H11NO/c1-8-2-5-12-11(6-8)10-4-3-9(14)7-13(10)15-12/h2-7H,14H2,1H3. The van der Waals surface area contributed by atoms with E-state index in [0.29, 0.717) is 0 Å². The van der Waals surface area contributed by atoms with Crippen LogP contribution in [0.4, 0.5) is 5.69 Å². The number of aryl methyl sites for hydroxylation is 1. The maximum Gasteiger partial charge on any atom is 0.137 e. The van der Waals surface area contributed by atoms with E-state index in [9.17, 15) is 0 Å². The van der Waals surface area contributed by atoms with Crippen LogP contribution in [0.5, 0.6) is 0 Å². The second-order valence-corrected chi connectivity index (χ2v) is 3.86. The Kier molecular flexibility index (Phi) is 1.54. The molecular formula is C13H11NO. The molecule has 1 aromatic heterocycles. The first kappa shape index (κ1) is 8.36. The van der Waals surface area contributed by atoms with Crippen molar-refractivity contribution >= 4 is 27.6 Å². The number of benzene rings is 2. The molecule has 1 heterocycles. The highest BCUT2D eigenvalue weighted by atomic mass is 16.3. The van der Waals surface area contributed by atoms with Gasteiger partial charge in [-0.15, -0.1) is 0 Å². The Morgan fingerprint density at radius 2 is 1.80 bits per heavy atom. The molecule has 74 valence electrons. The highest BCUT2D eigenvalue weighted by Crippen LogP contribution is 2.30. The number of nitrogen functional groups attached to an aromatic ring is 1. The molecule has 0 saturated carbocycles. The molecule has 2 aromatic carbocycles. The summed E-state index contributed by atoms with van der Waals surface area (Å²) in [5, 5.41) is 2.29. The first-order valence-electron chi connectivity index (χ1n) is 4.92. The molecule has 0 atom stereocenters. The van der Waals surface area contributed by atoms with Gasteiger partial charge in [-0.2, -0.15) is 0 Å². The zero-order chi connectivity index (χ0) is 10.4. The van der Waals surface area contributed by atoms with E-state index < -0.39 is 0 Å². The molecule has 0 amide bonds. The molecule has 0 fully saturated rings. The largest absolute Gasteiger partial charge is 0.456 e. The van der Waals surface area contributed by atoms with Crippen molar-refractivity contribution in [3.05, 3.63) is 42.0 Å². The molecule has 3 rings (SSSR count). The molecule has 0 saturated heterocycles. The van der Waals surface area contributed by atoms with Crippen LogP contribution < -0.4 is 5.73 Å². The number of rotatable bonds is 0. The van der Waals surface area contributed by atoms with Crippen molar-refractivity contribution in [2.75, 3.05) is 5.73 Å². The average molecular weight is 197 g/mol. The van der Waals surface area contributed by atoms with E-state index in [1.165, 1.54) is 5.56 Å². The van der Waals surface area contributed by atoms with Crippen molar-refractivity contribution in [1.29, 1.82) is 0 Å². The topological polar surface area (TPSA) is 39.2 Å². The van der Waals surface area contributed by atoms with Gasteiger partial charge in [0.1, 0.15) is 11.2 Å². The van der Waals surface area contributed by atoms with E-state index in [2.05, 4.69) is 13.0 Å². The van der Waals surface area contributed by atoms with Gasteiger partial charge in [0, 0.05) is 22.5 Å². The number of fused-ring (bicyclic) bond motifs is 3. The number of furan rings is 1. The number of anilines is 1. The molecule has 3 aromatic rings. The first-order chi connectivity index (χ1) is 7.24. The van der Waals surface area contributed by atoms with Gasteiger partial charge in [0.15, 0.2) is 0 Å². The lowest BCUT2D eigenvalue weighted by molar-refractivity contribution is 0.669. The summed E-state index contributed by atoms with van der Waals surface area (Å²) in [6, 6.07) is 12.0. The third kappa shape index (κ3) is 1.18. The monoisotopic (exact) mass is 197 g/mol. The molecule has 0 aliphatic rings.